The van der Waals surface area contributed by atoms with Gasteiger partial charge in [-0.3, -0.25) is 4.79 Å². The van der Waals surface area contributed by atoms with E-state index in [9.17, 15) is 9.90 Å². The van der Waals surface area contributed by atoms with Crippen molar-refractivity contribution >= 4 is 5.78 Å². The van der Waals surface area contributed by atoms with Crippen molar-refractivity contribution in [1.29, 1.82) is 0 Å². The standard InChI is InChI=1S/C33H46O4/c1-3-4-5-6-7-8-23-9-11-24(12-10-23)30-32(35)19-16-25-26(15-18-31(2)27(25)13-14-29(31)34)28(32)17-20-33(30)36-21-22-37-33/h9-12,25,27,30,35H,3-8,13-22H2,1-2H3/t25-,27+,30?,31+,32+/m1/s1. The molecule has 37 heavy (non-hydrogen) atoms. The van der Waals surface area contributed by atoms with E-state index in [1.54, 1.807) is 0 Å². The summed E-state index contributed by atoms with van der Waals surface area (Å²) in [5.74, 6) is 0.430. The highest BCUT2D eigenvalue weighted by Gasteiger charge is 2.63. The number of aliphatic hydroxyl groups is 1. The third-order valence-corrected chi connectivity index (χ3v) is 11.0. The Labute approximate surface area is 223 Å². The third-order valence-electron chi connectivity index (χ3n) is 11.0. The Kier molecular flexibility index (Phi) is 6.91. The molecule has 5 aliphatic rings. The van der Waals surface area contributed by atoms with Gasteiger partial charge in [0.1, 0.15) is 5.78 Å². The predicted molar refractivity (Wildman–Crippen MR) is 145 cm³/mol. The summed E-state index contributed by atoms with van der Waals surface area (Å²) in [7, 11) is 0. The SMILES string of the molecule is CCCCCCCc1ccc(C2C3(CCC4=C5CC[C@]6(C)C(=O)CC[C@H]6[C@@H]5CC[C@]42O)OCCO3)cc1. The van der Waals surface area contributed by atoms with E-state index in [1.807, 2.05) is 0 Å². The Morgan fingerprint density at radius 1 is 0.919 bits per heavy atom. The zero-order valence-corrected chi connectivity index (χ0v) is 23.0. The van der Waals surface area contributed by atoms with Gasteiger partial charge < -0.3 is 14.6 Å². The molecular formula is C33H46O4. The van der Waals surface area contributed by atoms with E-state index in [0.717, 1.165) is 63.4 Å². The van der Waals surface area contributed by atoms with Crippen LogP contribution in [0.5, 0.6) is 0 Å². The topological polar surface area (TPSA) is 55.8 Å². The van der Waals surface area contributed by atoms with E-state index in [1.165, 1.54) is 48.8 Å². The van der Waals surface area contributed by atoms with Crippen LogP contribution in [-0.4, -0.2) is 35.5 Å². The number of Topliss-reactive ketones (excluding diaryl/α,β-unsaturated/α-hetero) is 1. The quantitative estimate of drug-likeness (QED) is 0.318. The number of aryl methyl sites for hydroxylation is 1. The summed E-state index contributed by atoms with van der Waals surface area (Å²) in [5, 5.41) is 12.6. The summed E-state index contributed by atoms with van der Waals surface area (Å²) < 4.78 is 12.8. The van der Waals surface area contributed by atoms with Gasteiger partial charge in [-0.15, -0.1) is 0 Å². The molecule has 1 aromatic carbocycles. The van der Waals surface area contributed by atoms with Crippen molar-refractivity contribution in [2.45, 2.75) is 121 Å². The van der Waals surface area contributed by atoms with Crippen LogP contribution in [0.25, 0.3) is 0 Å². The average molecular weight is 507 g/mol. The first-order valence-electron chi connectivity index (χ1n) is 15.3. The Balaban J connectivity index is 1.30. The fraction of sp³-hybridized carbons (Fsp3) is 0.727. The minimum absolute atomic E-state index is 0.149. The summed E-state index contributed by atoms with van der Waals surface area (Å²) in [4.78, 5) is 12.8. The van der Waals surface area contributed by atoms with E-state index < -0.39 is 11.4 Å². The molecule has 1 N–H and O–H groups in total. The Morgan fingerprint density at radius 3 is 2.43 bits per heavy atom. The molecule has 1 saturated heterocycles. The van der Waals surface area contributed by atoms with E-state index in [-0.39, 0.29) is 11.3 Å². The normalized spacial score (nSPS) is 36.5. The van der Waals surface area contributed by atoms with Gasteiger partial charge in [0.2, 0.25) is 0 Å². The lowest BCUT2D eigenvalue weighted by Gasteiger charge is -2.56. The first-order valence-corrected chi connectivity index (χ1v) is 15.3. The van der Waals surface area contributed by atoms with E-state index in [0.29, 0.717) is 30.8 Å². The molecule has 5 atom stereocenters. The number of hydrogen-bond acceptors (Lipinski definition) is 4. The maximum atomic E-state index is 12.8. The number of allylic oxidation sites excluding steroid dienone is 1. The summed E-state index contributed by atoms with van der Waals surface area (Å²) in [5.41, 5.74) is 4.18. The second-order valence-corrected chi connectivity index (χ2v) is 12.9. The van der Waals surface area contributed by atoms with Crippen molar-refractivity contribution in [3.63, 3.8) is 0 Å². The molecule has 1 spiro atoms. The van der Waals surface area contributed by atoms with Gasteiger partial charge >= 0.3 is 0 Å². The van der Waals surface area contributed by atoms with Crippen molar-refractivity contribution in [2.75, 3.05) is 13.2 Å². The monoisotopic (exact) mass is 506 g/mol. The van der Waals surface area contributed by atoms with Crippen LogP contribution in [0.3, 0.4) is 0 Å². The highest BCUT2D eigenvalue weighted by molar-refractivity contribution is 5.87. The van der Waals surface area contributed by atoms with E-state index in [2.05, 4.69) is 38.1 Å². The van der Waals surface area contributed by atoms with Crippen LogP contribution < -0.4 is 0 Å². The molecule has 4 aliphatic carbocycles. The maximum absolute atomic E-state index is 12.8. The van der Waals surface area contributed by atoms with Crippen molar-refractivity contribution in [3.8, 4) is 0 Å². The number of hydrogen-bond donors (Lipinski definition) is 1. The molecule has 1 aromatic rings. The summed E-state index contributed by atoms with van der Waals surface area (Å²) in [6.07, 6.45) is 14.6. The number of carbonyl (C=O) groups excluding carboxylic acids is 1. The number of ketones is 1. The summed E-state index contributed by atoms with van der Waals surface area (Å²) in [6.45, 7) is 5.68. The molecule has 0 aromatic heterocycles. The molecule has 1 aliphatic heterocycles. The Hall–Kier alpha value is -1.49. The molecule has 0 bridgehead atoms. The third kappa shape index (κ3) is 4.17. The van der Waals surface area contributed by atoms with Crippen molar-refractivity contribution in [1.82, 2.24) is 0 Å². The number of rotatable bonds is 7. The average Bonchev–Trinajstić information content (AvgIpc) is 3.48. The smallest absolute Gasteiger partial charge is 0.178 e. The van der Waals surface area contributed by atoms with Crippen LogP contribution in [0.1, 0.15) is 114 Å². The fourth-order valence-electron chi connectivity index (χ4n) is 9.07. The second-order valence-electron chi connectivity index (χ2n) is 12.9. The Bertz CT molecular complexity index is 1030. The van der Waals surface area contributed by atoms with Gasteiger partial charge in [0.15, 0.2) is 5.79 Å². The summed E-state index contributed by atoms with van der Waals surface area (Å²) in [6, 6.07) is 9.02. The van der Waals surface area contributed by atoms with Crippen LogP contribution in [0, 0.1) is 17.3 Å². The maximum Gasteiger partial charge on any atom is 0.178 e. The molecule has 202 valence electrons. The molecule has 1 unspecified atom stereocenters. The first kappa shape index (κ1) is 25.8. The van der Waals surface area contributed by atoms with Gasteiger partial charge in [-0.2, -0.15) is 0 Å². The van der Waals surface area contributed by atoms with Crippen molar-refractivity contribution in [3.05, 3.63) is 46.5 Å². The van der Waals surface area contributed by atoms with Crippen LogP contribution in [0.4, 0.5) is 0 Å². The molecule has 0 amide bonds. The van der Waals surface area contributed by atoms with Crippen LogP contribution in [0.15, 0.2) is 35.4 Å². The lowest BCUT2D eigenvalue weighted by molar-refractivity contribution is -0.225. The molecule has 1 heterocycles. The van der Waals surface area contributed by atoms with Crippen molar-refractivity contribution < 1.29 is 19.4 Å². The van der Waals surface area contributed by atoms with Crippen molar-refractivity contribution in [2.24, 2.45) is 17.3 Å². The molecule has 4 fully saturated rings. The second kappa shape index (κ2) is 9.92. The van der Waals surface area contributed by atoms with Gasteiger partial charge in [-0.05, 0) is 79.9 Å². The zero-order valence-electron chi connectivity index (χ0n) is 23.0. The largest absolute Gasteiger partial charge is 0.385 e. The van der Waals surface area contributed by atoms with Gasteiger partial charge in [-0.25, -0.2) is 0 Å². The highest BCUT2D eigenvalue weighted by atomic mass is 16.7. The number of unbranched alkanes of at least 4 members (excludes halogenated alkanes) is 4. The lowest BCUT2D eigenvalue weighted by atomic mass is 9.52. The molecule has 4 heteroatoms. The van der Waals surface area contributed by atoms with Gasteiger partial charge in [0.05, 0.1) is 24.7 Å². The van der Waals surface area contributed by atoms with Crippen LogP contribution in [0.2, 0.25) is 0 Å². The number of ether oxygens (including phenoxy) is 2. The predicted octanol–water partition coefficient (Wildman–Crippen LogP) is 7.04. The number of fused-ring (bicyclic) bond motifs is 4. The molecule has 6 rings (SSSR count). The van der Waals surface area contributed by atoms with Crippen LogP contribution in [-0.2, 0) is 20.7 Å². The zero-order chi connectivity index (χ0) is 25.7. The number of benzene rings is 1. The molecule has 4 nitrogen and oxygen atoms in total. The van der Waals surface area contributed by atoms with Gasteiger partial charge in [-0.1, -0.05) is 69.4 Å². The van der Waals surface area contributed by atoms with Gasteiger partial charge in [0, 0.05) is 18.3 Å². The van der Waals surface area contributed by atoms with E-state index in [4.69, 9.17) is 9.47 Å². The van der Waals surface area contributed by atoms with E-state index >= 15 is 0 Å². The molecular weight excluding hydrogens is 460 g/mol. The summed E-state index contributed by atoms with van der Waals surface area (Å²) >= 11 is 0. The highest BCUT2D eigenvalue weighted by Crippen LogP contribution is 2.64. The first-order chi connectivity index (χ1) is 17.9. The fourth-order valence-corrected chi connectivity index (χ4v) is 9.07. The van der Waals surface area contributed by atoms with Gasteiger partial charge in [0.25, 0.3) is 0 Å². The molecule has 0 radical (unpaired) electrons. The number of carbonyl (C=O) groups is 1. The van der Waals surface area contributed by atoms with Crippen LogP contribution >= 0.6 is 0 Å². The lowest BCUT2D eigenvalue weighted by Crippen LogP contribution is -2.58. The molecule has 3 saturated carbocycles. The minimum atomic E-state index is -0.938. The minimum Gasteiger partial charge on any atom is -0.385 e. The Morgan fingerprint density at radius 2 is 1.68 bits per heavy atom.